The fourth-order valence-corrected chi connectivity index (χ4v) is 6.86. The summed E-state index contributed by atoms with van der Waals surface area (Å²) < 4.78 is 13.5. The Balaban J connectivity index is 1.43. The van der Waals surface area contributed by atoms with E-state index < -0.39 is 0 Å². The molecule has 3 fully saturated rings. The summed E-state index contributed by atoms with van der Waals surface area (Å²) >= 11 is 0. The van der Waals surface area contributed by atoms with E-state index in [-0.39, 0.29) is 17.7 Å². The van der Waals surface area contributed by atoms with Crippen molar-refractivity contribution in [2.75, 3.05) is 26.3 Å². The van der Waals surface area contributed by atoms with Gasteiger partial charge >= 0.3 is 0 Å². The second-order valence-corrected chi connectivity index (χ2v) is 11.1. The number of rotatable bonds is 7. The molecule has 0 bridgehead atoms. The van der Waals surface area contributed by atoms with Gasteiger partial charge in [0.1, 0.15) is 11.8 Å². The Hall–Kier alpha value is -2.78. The largest absolute Gasteiger partial charge is 0.494 e. The smallest absolute Gasteiger partial charge is 0.253 e. The minimum absolute atomic E-state index is 0.0865. The molecule has 0 amide bonds. The second-order valence-electron chi connectivity index (χ2n) is 11.1. The third kappa shape index (κ3) is 5.03. The highest BCUT2D eigenvalue weighted by molar-refractivity contribution is 5.80. The van der Waals surface area contributed by atoms with Gasteiger partial charge in [-0.05, 0) is 92.1 Å². The van der Waals surface area contributed by atoms with Crippen LogP contribution in [0.2, 0.25) is 0 Å². The molecule has 3 aromatic rings. The molecule has 1 saturated carbocycles. The van der Waals surface area contributed by atoms with Crippen molar-refractivity contribution in [1.82, 2.24) is 30.1 Å². The second kappa shape index (κ2) is 10.5. The number of hydrogen-bond donors (Lipinski definition) is 1. The highest BCUT2D eigenvalue weighted by atomic mass is 16.5. The highest BCUT2D eigenvalue weighted by Crippen LogP contribution is 2.45. The van der Waals surface area contributed by atoms with Gasteiger partial charge in [-0.3, -0.25) is 9.69 Å². The zero-order valence-electron chi connectivity index (χ0n) is 21.8. The van der Waals surface area contributed by atoms with Gasteiger partial charge in [0.25, 0.3) is 5.56 Å². The predicted octanol–water partition coefficient (Wildman–Crippen LogP) is 4.23. The van der Waals surface area contributed by atoms with E-state index >= 15 is 0 Å². The number of aromatic nitrogens is 5. The molecular formula is C28H38N6O3. The predicted molar refractivity (Wildman–Crippen MR) is 141 cm³/mol. The van der Waals surface area contributed by atoms with Crippen molar-refractivity contribution in [2.45, 2.75) is 83.4 Å². The summed E-state index contributed by atoms with van der Waals surface area (Å²) in [5.74, 6) is 1.53. The normalized spacial score (nSPS) is 23.0. The lowest BCUT2D eigenvalue weighted by Crippen LogP contribution is -2.47. The van der Waals surface area contributed by atoms with Crippen LogP contribution < -0.4 is 10.3 Å². The van der Waals surface area contributed by atoms with E-state index in [2.05, 4.69) is 25.4 Å². The van der Waals surface area contributed by atoms with Gasteiger partial charge in [0.2, 0.25) is 0 Å². The van der Waals surface area contributed by atoms with Crippen LogP contribution in [0.5, 0.6) is 5.75 Å². The topological polar surface area (TPSA) is 98.2 Å². The first-order valence-corrected chi connectivity index (χ1v) is 14.1. The van der Waals surface area contributed by atoms with Crippen molar-refractivity contribution in [1.29, 1.82) is 0 Å². The number of pyridine rings is 1. The number of H-pyrrole nitrogens is 1. The Kier molecular flexibility index (Phi) is 6.99. The summed E-state index contributed by atoms with van der Waals surface area (Å²) in [6.07, 6.45) is 11.0. The molecule has 6 rings (SSSR count). The number of aromatic amines is 1. The fourth-order valence-electron chi connectivity index (χ4n) is 6.86. The Bertz CT molecular complexity index is 1270. The molecule has 2 aromatic heterocycles. The number of ether oxygens (including phenoxy) is 2. The van der Waals surface area contributed by atoms with Crippen molar-refractivity contribution in [3.05, 3.63) is 46.0 Å². The van der Waals surface area contributed by atoms with Gasteiger partial charge in [0.15, 0.2) is 5.82 Å². The SMILES string of the molecule is CCOc1ccc2[nH]c(=O)c([C@H](c3nnnn3C[C@@H]3CCCO3)N3CCCC4(CCCCC4)C3)cc2c1. The van der Waals surface area contributed by atoms with Crippen LogP contribution in [0.15, 0.2) is 29.1 Å². The minimum Gasteiger partial charge on any atom is -0.494 e. The lowest BCUT2D eigenvalue weighted by Gasteiger charge is -2.47. The quantitative estimate of drug-likeness (QED) is 0.512. The molecule has 1 aliphatic carbocycles. The molecule has 1 spiro atoms. The number of benzene rings is 1. The monoisotopic (exact) mass is 506 g/mol. The zero-order valence-corrected chi connectivity index (χ0v) is 21.8. The number of piperidine rings is 1. The van der Waals surface area contributed by atoms with Crippen molar-refractivity contribution < 1.29 is 9.47 Å². The lowest BCUT2D eigenvalue weighted by molar-refractivity contribution is 0.0326. The molecule has 2 saturated heterocycles. The van der Waals surface area contributed by atoms with E-state index in [9.17, 15) is 4.79 Å². The molecular weight excluding hydrogens is 468 g/mol. The van der Waals surface area contributed by atoms with Crippen molar-refractivity contribution in [3.63, 3.8) is 0 Å². The number of fused-ring (bicyclic) bond motifs is 1. The first-order valence-electron chi connectivity index (χ1n) is 14.1. The first kappa shape index (κ1) is 24.6. The van der Waals surface area contributed by atoms with Crippen molar-refractivity contribution in [3.8, 4) is 5.75 Å². The molecule has 4 heterocycles. The van der Waals surface area contributed by atoms with Gasteiger partial charge in [-0.25, -0.2) is 4.68 Å². The standard InChI is InChI=1S/C28H38N6O3/c1-2-36-21-9-10-24-20(16-21)17-23(27(35)29-24)25(26-30-31-32-34(26)18-22-8-6-15-37-22)33-14-7-13-28(19-33)11-4-3-5-12-28/h9-10,16-17,22,25H,2-8,11-15,18-19H2,1H3,(H,29,35)/t22-,25+/m0/s1. The van der Waals surface area contributed by atoms with E-state index in [1.54, 1.807) is 0 Å². The molecule has 198 valence electrons. The maximum absolute atomic E-state index is 13.6. The maximum atomic E-state index is 13.6. The summed E-state index contributed by atoms with van der Waals surface area (Å²) in [6.45, 7) is 5.86. The molecule has 1 N–H and O–H groups in total. The van der Waals surface area contributed by atoms with Crippen LogP contribution in [0.3, 0.4) is 0 Å². The third-order valence-corrected chi connectivity index (χ3v) is 8.63. The molecule has 9 heteroatoms. The number of hydrogen-bond acceptors (Lipinski definition) is 7. The minimum atomic E-state index is -0.320. The van der Waals surface area contributed by atoms with Gasteiger partial charge in [-0.15, -0.1) is 5.10 Å². The average molecular weight is 507 g/mol. The van der Waals surface area contributed by atoms with Crippen LogP contribution in [0, 0.1) is 5.41 Å². The number of nitrogens with zero attached hydrogens (tertiary/aromatic N) is 5. The van der Waals surface area contributed by atoms with E-state index in [0.29, 0.717) is 24.1 Å². The molecule has 2 aliphatic heterocycles. The van der Waals surface area contributed by atoms with E-state index in [0.717, 1.165) is 61.4 Å². The summed E-state index contributed by atoms with van der Waals surface area (Å²) in [4.78, 5) is 19.2. The molecule has 0 radical (unpaired) electrons. The van der Waals surface area contributed by atoms with E-state index in [1.807, 2.05) is 35.9 Å². The van der Waals surface area contributed by atoms with Crippen LogP contribution in [-0.4, -0.2) is 62.5 Å². The van der Waals surface area contributed by atoms with Crippen molar-refractivity contribution in [2.24, 2.45) is 5.41 Å². The van der Waals surface area contributed by atoms with E-state index in [1.165, 1.54) is 38.5 Å². The Morgan fingerprint density at radius 2 is 2.03 bits per heavy atom. The number of likely N-dealkylation sites (tertiary alicyclic amines) is 1. The molecule has 3 aliphatic rings. The molecule has 2 atom stereocenters. The Labute approximate surface area is 217 Å². The first-order chi connectivity index (χ1) is 18.1. The van der Waals surface area contributed by atoms with E-state index in [4.69, 9.17) is 9.47 Å². The Morgan fingerprint density at radius 3 is 2.84 bits per heavy atom. The fraction of sp³-hybridized carbons (Fsp3) is 0.643. The van der Waals surface area contributed by atoms with Gasteiger partial charge in [-0.2, -0.15) is 0 Å². The Morgan fingerprint density at radius 1 is 1.16 bits per heavy atom. The van der Waals surface area contributed by atoms with Crippen LogP contribution in [0.4, 0.5) is 0 Å². The lowest BCUT2D eigenvalue weighted by atomic mass is 9.69. The van der Waals surface area contributed by atoms with Gasteiger partial charge in [-0.1, -0.05) is 19.3 Å². The number of nitrogens with one attached hydrogen (secondary N) is 1. The van der Waals surface area contributed by atoms with Gasteiger partial charge in [0, 0.05) is 29.6 Å². The zero-order chi connectivity index (χ0) is 25.2. The molecule has 9 nitrogen and oxygen atoms in total. The summed E-state index contributed by atoms with van der Waals surface area (Å²) in [5.41, 5.74) is 1.74. The van der Waals surface area contributed by atoms with Gasteiger partial charge in [0.05, 0.1) is 19.3 Å². The van der Waals surface area contributed by atoms with Crippen LogP contribution >= 0.6 is 0 Å². The summed E-state index contributed by atoms with van der Waals surface area (Å²) in [7, 11) is 0. The highest BCUT2D eigenvalue weighted by Gasteiger charge is 2.41. The van der Waals surface area contributed by atoms with Gasteiger partial charge < -0.3 is 14.5 Å². The van der Waals surface area contributed by atoms with Crippen molar-refractivity contribution >= 4 is 10.9 Å². The molecule has 0 unspecified atom stereocenters. The van der Waals surface area contributed by atoms with Crippen LogP contribution in [0.25, 0.3) is 10.9 Å². The van der Waals surface area contributed by atoms with Crippen LogP contribution in [-0.2, 0) is 11.3 Å². The summed E-state index contributed by atoms with van der Waals surface area (Å²) in [6, 6.07) is 7.52. The average Bonchev–Trinajstić information content (AvgIpc) is 3.58. The third-order valence-electron chi connectivity index (χ3n) is 8.63. The summed E-state index contributed by atoms with van der Waals surface area (Å²) in [5, 5.41) is 14.0. The molecule has 37 heavy (non-hydrogen) atoms. The number of tetrazole rings is 1. The van der Waals surface area contributed by atoms with Crippen LogP contribution in [0.1, 0.15) is 82.1 Å². The maximum Gasteiger partial charge on any atom is 0.253 e. The molecule has 1 aromatic carbocycles.